The molecule has 206 valence electrons. The minimum Gasteiger partial charge on any atom is -0.356 e. The molecule has 2 saturated heterocycles. The predicted octanol–water partition coefficient (Wildman–Crippen LogP) is 1.72. The van der Waals surface area contributed by atoms with Crippen molar-refractivity contribution in [2.45, 2.75) is 76.4 Å². The second-order valence-corrected chi connectivity index (χ2v) is 11.9. The van der Waals surface area contributed by atoms with E-state index in [9.17, 15) is 24.0 Å². The first-order valence-electron chi connectivity index (χ1n) is 14.0. The second kappa shape index (κ2) is 9.81. The summed E-state index contributed by atoms with van der Waals surface area (Å²) in [5.41, 5.74) is 2.40. The molecule has 0 radical (unpaired) electrons. The molecule has 1 aromatic heterocycles. The van der Waals surface area contributed by atoms with Crippen LogP contribution in [-0.2, 0) is 19.2 Å². The van der Waals surface area contributed by atoms with Crippen LogP contribution in [0.5, 0.6) is 0 Å². The first-order valence-corrected chi connectivity index (χ1v) is 14.0. The zero-order valence-electron chi connectivity index (χ0n) is 22.2. The molecule has 2 aromatic rings. The van der Waals surface area contributed by atoms with Gasteiger partial charge in [0.25, 0.3) is 11.8 Å². The first kappa shape index (κ1) is 25.6. The number of H-pyrrole nitrogens is 1. The molecule has 1 aromatic carbocycles. The fraction of sp³-hybridized carbons (Fsp3) is 0.552. The Bertz CT molecular complexity index is 1360. The van der Waals surface area contributed by atoms with Crippen molar-refractivity contribution in [1.82, 2.24) is 25.8 Å². The number of aromatic amines is 1. The molecule has 1 spiro atoms. The summed E-state index contributed by atoms with van der Waals surface area (Å²) in [6.45, 7) is 2.94. The van der Waals surface area contributed by atoms with Crippen molar-refractivity contribution in [1.29, 1.82) is 0 Å². The molecule has 4 fully saturated rings. The molecule has 4 N–H and O–H groups in total. The van der Waals surface area contributed by atoms with Crippen molar-refractivity contribution >= 4 is 40.3 Å². The molecule has 2 saturated carbocycles. The van der Waals surface area contributed by atoms with Gasteiger partial charge in [-0.25, -0.2) is 0 Å². The fourth-order valence-electron chi connectivity index (χ4n) is 6.06. The third-order valence-corrected chi connectivity index (χ3v) is 8.87. The molecule has 4 amide bonds. The standard InChI is InChI=1S/C29H35N5O5/c1-16-2-5-20-18(12-16)14-22(32-20)28(39)34-11-9-29(7-8-29)15-23(34)26(37)33-21(13-17-6-10-30-25(17)36)24(35)27(38)31-19-3-4-19/h2,5,12,14,17,19,21,23,32H,3-4,6-11,13,15H2,1H3,(H,30,36)(H,31,38)(H,33,37)/t17-,21?,23-/m0/s1. The molecule has 4 aliphatic rings. The average molecular weight is 534 g/mol. The number of carbonyl (C=O) groups excluding carboxylic acids is 5. The van der Waals surface area contributed by atoms with Crippen molar-refractivity contribution in [3.63, 3.8) is 0 Å². The van der Waals surface area contributed by atoms with Crippen LogP contribution in [-0.4, -0.2) is 70.5 Å². The minimum absolute atomic E-state index is 0.00569. The maximum absolute atomic E-state index is 13.8. The van der Waals surface area contributed by atoms with Gasteiger partial charge in [0.1, 0.15) is 11.7 Å². The van der Waals surface area contributed by atoms with Gasteiger partial charge in [0.05, 0.1) is 6.04 Å². The van der Waals surface area contributed by atoms with Gasteiger partial charge < -0.3 is 25.8 Å². The summed E-state index contributed by atoms with van der Waals surface area (Å²) in [4.78, 5) is 70.4. The molecule has 10 heteroatoms. The number of Topliss-reactive ketones (excluding diaryl/α,β-unsaturated/α-hetero) is 1. The van der Waals surface area contributed by atoms with Crippen LogP contribution in [0.15, 0.2) is 24.3 Å². The number of carbonyl (C=O) groups is 5. The first-order chi connectivity index (χ1) is 18.7. The summed E-state index contributed by atoms with van der Waals surface area (Å²) >= 11 is 0. The van der Waals surface area contributed by atoms with Crippen LogP contribution in [0.25, 0.3) is 10.9 Å². The molecular formula is C29H35N5O5. The summed E-state index contributed by atoms with van der Waals surface area (Å²) in [6, 6.07) is 5.83. The van der Waals surface area contributed by atoms with Crippen LogP contribution in [0, 0.1) is 18.3 Å². The lowest BCUT2D eigenvalue weighted by molar-refractivity contribution is -0.141. The third-order valence-electron chi connectivity index (χ3n) is 8.87. The third kappa shape index (κ3) is 5.29. The predicted molar refractivity (Wildman–Crippen MR) is 143 cm³/mol. The van der Waals surface area contributed by atoms with Crippen LogP contribution < -0.4 is 16.0 Å². The highest BCUT2D eigenvalue weighted by atomic mass is 16.2. The SMILES string of the molecule is Cc1ccc2[nH]c(C(=O)N3CCC4(CC4)C[C@H]3C(=O)NC(C[C@@H]3CCNC3=O)C(=O)C(=O)NC3CC3)cc2c1. The zero-order valence-corrected chi connectivity index (χ0v) is 22.2. The number of ketones is 1. The minimum atomic E-state index is -1.13. The molecule has 1 unspecified atom stereocenters. The maximum atomic E-state index is 13.8. The fourth-order valence-corrected chi connectivity index (χ4v) is 6.06. The van der Waals surface area contributed by atoms with E-state index in [0.717, 1.165) is 48.6 Å². The number of piperidine rings is 1. The van der Waals surface area contributed by atoms with Gasteiger partial charge in [-0.1, -0.05) is 11.6 Å². The maximum Gasteiger partial charge on any atom is 0.289 e. The van der Waals surface area contributed by atoms with E-state index in [4.69, 9.17) is 0 Å². The van der Waals surface area contributed by atoms with E-state index in [1.807, 2.05) is 31.2 Å². The highest BCUT2D eigenvalue weighted by molar-refractivity contribution is 6.38. The van der Waals surface area contributed by atoms with Gasteiger partial charge in [0.2, 0.25) is 17.6 Å². The Balaban J connectivity index is 1.23. The van der Waals surface area contributed by atoms with Crippen LogP contribution in [0.3, 0.4) is 0 Å². The normalized spacial score (nSPS) is 24.3. The number of rotatable bonds is 8. The van der Waals surface area contributed by atoms with E-state index < -0.39 is 35.6 Å². The van der Waals surface area contributed by atoms with Crippen LogP contribution in [0.4, 0.5) is 0 Å². The Morgan fingerprint density at radius 3 is 2.59 bits per heavy atom. The Labute approximate surface area is 226 Å². The lowest BCUT2D eigenvalue weighted by Gasteiger charge is -2.39. The van der Waals surface area contributed by atoms with Crippen molar-refractivity contribution < 1.29 is 24.0 Å². The Morgan fingerprint density at radius 2 is 1.90 bits per heavy atom. The highest BCUT2D eigenvalue weighted by Gasteiger charge is 2.51. The molecule has 10 nitrogen and oxygen atoms in total. The van der Waals surface area contributed by atoms with Gasteiger partial charge in [-0.3, -0.25) is 24.0 Å². The van der Waals surface area contributed by atoms with E-state index in [1.54, 1.807) is 4.90 Å². The van der Waals surface area contributed by atoms with E-state index >= 15 is 0 Å². The number of fused-ring (bicyclic) bond motifs is 1. The van der Waals surface area contributed by atoms with Crippen molar-refractivity contribution in [3.8, 4) is 0 Å². The van der Waals surface area contributed by atoms with Crippen molar-refractivity contribution in [2.24, 2.45) is 11.3 Å². The number of aromatic nitrogens is 1. The summed E-state index contributed by atoms with van der Waals surface area (Å²) in [7, 11) is 0. The van der Waals surface area contributed by atoms with Crippen LogP contribution in [0.1, 0.15) is 67.4 Å². The summed E-state index contributed by atoms with van der Waals surface area (Å²) in [5.74, 6) is -2.81. The summed E-state index contributed by atoms with van der Waals surface area (Å²) in [5, 5.41) is 9.20. The number of likely N-dealkylation sites (tertiary alicyclic amines) is 1. The number of nitrogens with zero attached hydrogens (tertiary/aromatic N) is 1. The molecule has 3 heterocycles. The summed E-state index contributed by atoms with van der Waals surface area (Å²) in [6.07, 6.45) is 5.63. The highest BCUT2D eigenvalue weighted by Crippen LogP contribution is 2.55. The van der Waals surface area contributed by atoms with Gasteiger partial charge >= 0.3 is 0 Å². The molecule has 0 bridgehead atoms. The number of aryl methyl sites for hydroxylation is 1. The summed E-state index contributed by atoms with van der Waals surface area (Å²) < 4.78 is 0. The second-order valence-electron chi connectivity index (χ2n) is 11.9. The Hall–Kier alpha value is -3.69. The molecule has 39 heavy (non-hydrogen) atoms. The number of amides is 4. The largest absolute Gasteiger partial charge is 0.356 e. The van der Waals surface area contributed by atoms with E-state index in [2.05, 4.69) is 20.9 Å². The lowest BCUT2D eigenvalue weighted by atomic mass is 9.86. The van der Waals surface area contributed by atoms with Crippen molar-refractivity contribution in [3.05, 3.63) is 35.5 Å². The number of nitrogens with one attached hydrogen (secondary N) is 4. The van der Waals surface area contributed by atoms with Crippen molar-refractivity contribution in [2.75, 3.05) is 13.1 Å². The Morgan fingerprint density at radius 1 is 1.10 bits per heavy atom. The lowest BCUT2D eigenvalue weighted by Crippen LogP contribution is -2.58. The molecule has 6 rings (SSSR count). The van der Waals surface area contributed by atoms with Gasteiger partial charge in [0, 0.05) is 36.0 Å². The number of hydrogen-bond donors (Lipinski definition) is 4. The van der Waals surface area contributed by atoms with Gasteiger partial charge in [-0.05, 0) is 81.9 Å². The quantitative estimate of drug-likeness (QED) is 0.383. The average Bonchev–Trinajstić information content (AvgIpc) is 3.80. The van der Waals surface area contributed by atoms with E-state index in [1.165, 1.54) is 0 Å². The number of hydrogen-bond acceptors (Lipinski definition) is 5. The van der Waals surface area contributed by atoms with E-state index in [-0.39, 0.29) is 29.7 Å². The van der Waals surface area contributed by atoms with Crippen LogP contribution in [0.2, 0.25) is 0 Å². The molecule has 2 aliphatic heterocycles. The smallest absolute Gasteiger partial charge is 0.289 e. The van der Waals surface area contributed by atoms with E-state index in [0.29, 0.717) is 31.6 Å². The van der Waals surface area contributed by atoms with Crippen LogP contribution >= 0.6 is 0 Å². The van der Waals surface area contributed by atoms with Gasteiger partial charge in [0.15, 0.2) is 0 Å². The zero-order chi connectivity index (χ0) is 27.3. The van der Waals surface area contributed by atoms with Gasteiger partial charge in [-0.2, -0.15) is 0 Å². The molecule has 2 aliphatic carbocycles. The monoisotopic (exact) mass is 533 g/mol. The Kier molecular flexibility index (Phi) is 6.43. The topological polar surface area (TPSA) is 140 Å². The van der Waals surface area contributed by atoms with Gasteiger partial charge in [-0.15, -0.1) is 0 Å². The molecular weight excluding hydrogens is 498 g/mol. The molecule has 3 atom stereocenters. The number of benzene rings is 1.